The van der Waals surface area contributed by atoms with Gasteiger partial charge in [-0.1, -0.05) is 11.6 Å². The highest BCUT2D eigenvalue weighted by Gasteiger charge is 2.33. The maximum Gasteiger partial charge on any atom is 0.306 e. The van der Waals surface area contributed by atoms with Crippen molar-refractivity contribution in [2.24, 2.45) is 16.6 Å². The molecule has 0 amide bonds. The fourth-order valence-electron chi connectivity index (χ4n) is 2.28. The zero-order chi connectivity index (χ0) is 20.7. The summed E-state index contributed by atoms with van der Waals surface area (Å²) >= 11 is 5.65. The van der Waals surface area contributed by atoms with Gasteiger partial charge in [0.1, 0.15) is 18.1 Å². The molecule has 0 aliphatic carbocycles. The predicted octanol–water partition coefficient (Wildman–Crippen LogP) is 2.70. The largest absolute Gasteiger partial charge is 0.393 e. The molecule has 0 spiro atoms. The molecule has 1 aromatic heterocycles. The van der Waals surface area contributed by atoms with Crippen molar-refractivity contribution in [1.29, 1.82) is 5.26 Å². The van der Waals surface area contributed by atoms with E-state index < -0.39 is 24.0 Å². The van der Waals surface area contributed by atoms with Crippen molar-refractivity contribution < 1.29 is 18.0 Å². The lowest BCUT2D eigenvalue weighted by atomic mass is 10.1. The molecular weight excluding hydrogens is 397 g/mol. The molecule has 0 atom stereocenters. The molecule has 0 saturated carbocycles. The van der Waals surface area contributed by atoms with E-state index in [4.69, 9.17) is 33.2 Å². The molecule has 0 saturated heterocycles. The summed E-state index contributed by atoms with van der Waals surface area (Å²) in [5.41, 5.74) is 9.83. The molecule has 1 aromatic carbocycles. The predicted molar refractivity (Wildman–Crippen MR) is 98.2 cm³/mol. The second-order valence-electron chi connectivity index (χ2n) is 5.62. The van der Waals surface area contributed by atoms with Crippen LogP contribution in [0.5, 0.6) is 0 Å². The van der Waals surface area contributed by atoms with E-state index in [9.17, 15) is 13.2 Å². The quantitative estimate of drug-likeness (QED) is 0.265. The van der Waals surface area contributed by atoms with E-state index in [0.29, 0.717) is 0 Å². The molecule has 1 heterocycles. The number of nitrogens with one attached hydrogen (secondary N) is 1. The van der Waals surface area contributed by atoms with Crippen LogP contribution in [0.2, 0.25) is 5.02 Å². The summed E-state index contributed by atoms with van der Waals surface area (Å²) in [5, 5.41) is 14.9. The molecule has 28 heavy (non-hydrogen) atoms. The number of halogens is 4. The number of nitrogens with two attached hydrogens (primary N) is 2. The molecule has 11 heteroatoms. The number of benzene rings is 1. The SMILES string of the molecule is N#Cc1cc(F)c(NCC(F)(F)c2ccc(Cl)cn2)c(CCON=C(N)N)c1. The molecule has 0 unspecified atom stereocenters. The third-order valence-corrected chi connectivity index (χ3v) is 3.75. The van der Waals surface area contributed by atoms with Crippen LogP contribution >= 0.6 is 11.6 Å². The molecule has 0 fully saturated rings. The Kier molecular flexibility index (Phi) is 6.89. The summed E-state index contributed by atoms with van der Waals surface area (Å²) in [6, 6.07) is 6.48. The van der Waals surface area contributed by atoms with Crippen LogP contribution in [0.15, 0.2) is 35.6 Å². The average Bonchev–Trinajstić information content (AvgIpc) is 2.64. The first-order chi connectivity index (χ1) is 13.2. The molecule has 0 aliphatic heterocycles. The van der Waals surface area contributed by atoms with Crippen LogP contribution in [0, 0.1) is 17.1 Å². The number of nitriles is 1. The third kappa shape index (κ3) is 5.65. The Morgan fingerprint density at radius 1 is 1.36 bits per heavy atom. The highest BCUT2D eigenvalue weighted by atomic mass is 35.5. The molecule has 148 valence electrons. The van der Waals surface area contributed by atoms with E-state index in [1.54, 1.807) is 6.07 Å². The van der Waals surface area contributed by atoms with Crippen LogP contribution in [0.4, 0.5) is 18.9 Å². The van der Waals surface area contributed by atoms with Gasteiger partial charge in [0.05, 0.1) is 28.9 Å². The molecule has 2 rings (SSSR count). The van der Waals surface area contributed by atoms with Crippen LogP contribution in [0.3, 0.4) is 0 Å². The topological polar surface area (TPSA) is 122 Å². The van der Waals surface area contributed by atoms with Crippen molar-refractivity contribution in [3.8, 4) is 6.07 Å². The van der Waals surface area contributed by atoms with Gasteiger partial charge in [0, 0.05) is 12.6 Å². The maximum absolute atomic E-state index is 14.4. The van der Waals surface area contributed by atoms with E-state index in [1.807, 2.05) is 0 Å². The van der Waals surface area contributed by atoms with E-state index >= 15 is 0 Å². The van der Waals surface area contributed by atoms with Gasteiger partial charge in [-0.3, -0.25) is 4.98 Å². The summed E-state index contributed by atoms with van der Waals surface area (Å²) in [7, 11) is 0. The highest BCUT2D eigenvalue weighted by molar-refractivity contribution is 6.30. The summed E-state index contributed by atoms with van der Waals surface area (Å²) in [6.45, 7) is -0.984. The number of hydrogen-bond donors (Lipinski definition) is 3. The van der Waals surface area contributed by atoms with Gasteiger partial charge >= 0.3 is 5.92 Å². The van der Waals surface area contributed by atoms with Crippen LogP contribution in [0.1, 0.15) is 16.8 Å². The van der Waals surface area contributed by atoms with E-state index in [1.165, 1.54) is 12.1 Å². The van der Waals surface area contributed by atoms with Gasteiger partial charge in [0.15, 0.2) is 0 Å². The Labute approximate surface area is 163 Å². The molecule has 0 aliphatic rings. The molecule has 0 radical (unpaired) electrons. The highest BCUT2D eigenvalue weighted by Crippen LogP contribution is 2.29. The van der Waals surface area contributed by atoms with Crippen molar-refractivity contribution in [2.75, 3.05) is 18.5 Å². The van der Waals surface area contributed by atoms with Crippen molar-refractivity contribution in [1.82, 2.24) is 4.98 Å². The van der Waals surface area contributed by atoms with Crippen molar-refractivity contribution >= 4 is 23.2 Å². The van der Waals surface area contributed by atoms with Gasteiger partial charge in [0.25, 0.3) is 0 Å². The molecular formula is C17H16ClF3N6O. The van der Waals surface area contributed by atoms with Crippen LogP contribution in [0.25, 0.3) is 0 Å². The Morgan fingerprint density at radius 2 is 2.11 bits per heavy atom. The Bertz CT molecular complexity index is 895. The zero-order valence-electron chi connectivity index (χ0n) is 14.4. The maximum atomic E-state index is 14.4. The van der Waals surface area contributed by atoms with Gasteiger partial charge in [0.2, 0.25) is 5.96 Å². The Balaban J connectivity index is 2.19. The zero-order valence-corrected chi connectivity index (χ0v) is 15.2. The van der Waals surface area contributed by atoms with Crippen LogP contribution < -0.4 is 16.8 Å². The summed E-state index contributed by atoms with van der Waals surface area (Å²) in [4.78, 5) is 8.42. The first-order valence-corrected chi connectivity index (χ1v) is 8.28. The number of oxime groups is 1. The third-order valence-electron chi connectivity index (χ3n) is 3.52. The number of nitrogens with zero attached hydrogens (tertiary/aromatic N) is 3. The number of guanidine groups is 1. The normalized spacial score (nSPS) is 10.8. The lowest BCUT2D eigenvalue weighted by Gasteiger charge is -2.19. The second kappa shape index (κ2) is 9.14. The Hall–Kier alpha value is -3.19. The molecule has 5 N–H and O–H groups in total. The number of anilines is 1. The fourth-order valence-corrected chi connectivity index (χ4v) is 2.39. The number of alkyl halides is 2. The van der Waals surface area contributed by atoms with Crippen LogP contribution in [-0.2, 0) is 17.2 Å². The van der Waals surface area contributed by atoms with E-state index in [0.717, 1.165) is 18.3 Å². The number of aromatic nitrogens is 1. The van der Waals surface area contributed by atoms with Crippen molar-refractivity contribution in [3.63, 3.8) is 0 Å². The van der Waals surface area contributed by atoms with Gasteiger partial charge in [-0.25, -0.2) is 4.39 Å². The van der Waals surface area contributed by atoms with E-state index in [2.05, 4.69) is 15.5 Å². The number of hydrogen-bond acceptors (Lipinski definition) is 5. The van der Waals surface area contributed by atoms with Crippen LogP contribution in [-0.4, -0.2) is 24.1 Å². The van der Waals surface area contributed by atoms with Gasteiger partial charge in [-0.15, -0.1) is 0 Å². The Morgan fingerprint density at radius 3 is 2.71 bits per heavy atom. The fraction of sp³-hybridized carbons (Fsp3) is 0.235. The first-order valence-electron chi connectivity index (χ1n) is 7.90. The summed E-state index contributed by atoms with van der Waals surface area (Å²) < 4.78 is 43.1. The molecule has 0 bridgehead atoms. The minimum atomic E-state index is -3.39. The van der Waals surface area contributed by atoms with Gasteiger partial charge in [-0.2, -0.15) is 14.0 Å². The first kappa shape index (κ1) is 21.1. The van der Waals surface area contributed by atoms with Gasteiger partial charge in [-0.05, 0) is 35.0 Å². The smallest absolute Gasteiger partial charge is 0.306 e. The number of pyridine rings is 1. The summed E-state index contributed by atoms with van der Waals surface area (Å²) in [5.74, 6) is -4.54. The van der Waals surface area contributed by atoms with E-state index in [-0.39, 0.29) is 40.8 Å². The molecule has 7 nitrogen and oxygen atoms in total. The average molecular weight is 413 g/mol. The number of rotatable bonds is 8. The lowest BCUT2D eigenvalue weighted by molar-refractivity contribution is 0.00593. The minimum Gasteiger partial charge on any atom is -0.393 e. The lowest BCUT2D eigenvalue weighted by Crippen LogP contribution is -2.26. The van der Waals surface area contributed by atoms with Crippen molar-refractivity contribution in [2.45, 2.75) is 12.3 Å². The minimum absolute atomic E-state index is 0.0334. The summed E-state index contributed by atoms with van der Waals surface area (Å²) in [6.07, 6.45) is 1.16. The molecule has 2 aromatic rings. The second-order valence-corrected chi connectivity index (χ2v) is 6.06. The standard InChI is InChI=1S/C17H16ClF3N6O/c18-12-1-2-14(25-8-12)17(20,21)9-26-15-11(3-4-28-27-16(23)24)5-10(7-22)6-13(15)19/h1-2,5-6,8,26H,3-4,9H2,(H4,23,24,27). The van der Waals surface area contributed by atoms with Gasteiger partial charge < -0.3 is 21.6 Å². The monoisotopic (exact) mass is 412 g/mol. The van der Waals surface area contributed by atoms with Crippen molar-refractivity contribution in [3.05, 3.63) is 58.1 Å².